The van der Waals surface area contributed by atoms with Gasteiger partial charge < -0.3 is 4.98 Å². The molecule has 0 aliphatic rings. The van der Waals surface area contributed by atoms with Crippen LogP contribution in [0.1, 0.15) is 69.9 Å². The molecule has 1 N–H and O–H groups in total. The molecule has 1 aromatic heterocycles. The van der Waals surface area contributed by atoms with E-state index < -0.39 is 10.0 Å². The van der Waals surface area contributed by atoms with Crippen molar-refractivity contribution in [3.8, 4) is 11.3 Å². The Kier molecular flexibility index (Phi) is 9.46. The molecule has 0 aliphatic carbocycles. The first-order valence-corrected chi connectivity index (χ1v) is 15.4. The largest absolute Gasteiger partial charge is 0.354 e. The molecule has 0 saturated heterocycles. The quantitative estimate of drug-likeness (QED) is 0.176. The van der Waals surface area contributed by atoms with Gasteiger partial charge >= 0.3 is 0 Å². The highest BCUT2D eigenvalue weighted by Gasteiger charge is 2.30. The first-order valence-electron chi connectivity index (χ1n) is 13.9. The van der Waals surface area contributed by atoms with Crippen LogP contribution in [0.3, 0.4) is 0 Å². The lowest BCUT2D eigenvalue weighted by atomic mass is 10.0. The number of unbranched alkanes of at least 4 members (excludes halogenated alkanes) is 5. The number of aromatic nitrogens is 1. The zero-order valence-electron chi connectivity index (χ0n) is 22.9. The van der Waals surface area contributed by atoms with E-state index in [0.29, 0.717) is 11.4 Å². The summed E-state index contributed by atoms with van der Waals surface area (Å²) in [6.45, 7) is 6.72. The number of hydrogen-bond acceptors (Lipinski definition) is 2. The molecule has 4 rings (SSSR count). The summed E-state index contributed by atoms with van der Waals surface area (Å²) < 4.78 is 30.2. The third-order valence-electron chi connectivity index (χ3n) is 7.01. The van der Waals surface area contributed by atoms with Gasteiger partial charge in [0.1, 0.15) is 0 Å². The Morgan fingerprint density at radius 2 is 1.50 bits per heavy atom. The predicted molar refractivity (Wildman–Crippen MR) is 160 cm³/mol. The van der Waals surface area contributed by atoms with Gasteiger partial charge in [-0.05, 0) is 49.9 Å². The molecule has 5 heteroatoms. The SMILES string of the molecule is CCCCCC/C=C(/c1c(-c2ccccc2)[nH]c2ccccc12)N(CCCC)S(=O)(=O)c1ccc(C)cc1. The summed E-state index contributed by atoms with van der Waals surface area (Å²) in [5.74, 6) is 0. The van der Waals surface area contributed by atoms with E-state index in [2.05, 4.69) is 49.2 Å². The van der Waals surface area contributed by atoms with E-state index >= 15 is 0 Å². The van der Waals surface area contributed by atoms with Crippen LogP contribution in [-0.4, -0.2) is 24.3 Å². The van der Waals surface area contributed by atoms with Crippen LogP contribution in [0, 0.1) is 6.92 Å². The highest BCUT2D eigenvalue weighted by atomic mass is 32.2. The van der Waals surface area contributed by atoms with Crippen LogP contribution < -0.4 is 0 Å². The molecule has 0 spiro atoms. The fraction of sp³-hybridized carbons (Fsp3) is 0.333. The zero-order chi connectivity index (χ0) is 27.0. The van der Waals surface area contributed by atoms with Crippen molar-refractivity contribution in [1.82, 2.24) is 9.29 Å². The average molecular weight is 529 g/mol. The normalized spacial score (nSPS) is 12.2. The number of nitrogens with one attached hydrogen (secondary N) is 1. The van der Waals surface area contributed by atoms with Crippen LogP contribution >= 0.6 is 0 Å². The molecular weight excluding hydrogens is 488 g/mol. The van der Waals surface area contributed by atoms with Crippen molar-refractivity contribution in [2.24, 2.45) is 0 Å². The number of para-hydroxylation sites is 1. The van der Waals surface area contributed by atoms with E-state index in [-0.39, 0.29) is 0 Å². The second kappa shape index (κ2) is 13.0. The van der Waals surface area contributed by atoms with Crippen LogP contribution in [0.5, 0.6) is 0 Å². The Hall–Kier alpha value is -3.31. The second-order valence-corrected chi connectivity index (χ2v) is 11.8. The van der Waals surface area contributed by atoms with Gasteiger partial charge in [0.25, 0.3) is 10.0 Å². The van der Waals surface area contributed by atoms with Gasteiger partial charge in [-0.3, -0.25) is 4.31 Å². The minimum Gasteiger partial charge on any atom is -0.354 e. The Labute approximate surface area is 228 Å². The van der Waals surface area contributed by atoms with Crippen LogP contribution in [0.15, 0.2) is 89.8 Å². The molecule has 0 saturated carbocycles. The number of rotatable bonds is 13. The number of hydrogen-bond donors (Lipinski definition) is 1. The number of allylic oxidation sites excluding steroid dienone is 1. The van der Waals surface area contributed by atoms with Crippen molar-refractivity contribution >= 4 is 26.6 Å². The minimum atomic E-state index is -3.78. The molecule has 0 radical (unpaired) electrons. The molecule has 0 unspecified atom stereocenters. The van der Waals surface area contributed by atoms with Crippen LogP contribution in [0.4, 0.5) is 0 Å². The molecule has 4 aromatic rings. The lowest BCUT2D eigenvalue weighted by Crippen LogP contribution is -2.31. The highest BCUT2D eigenvalue weighted by molar-refractivity contribution is 7.89. The van der Waals surface area contributed by atoms with Crippen molar-refractivity contribution in [2.75, 3.05) is 6.54 Å². The van der Waals surface area contributed by atoms with Gasteiger partial charge in [0.2, 0.25) is 0 Å². The summed E-state index contributed by atoms with van der Waals surface area (Å²) >= 11 is 0. The molecule has 3 aromatic carbocycles. The molecule has 0 atom stereocenters. The van der Waals surface area contributed by atoms with Gasteiger partial charge in [0.15, 0.2) is 0 Å². The van der Waals surface area contributed by atoms with Crippen molar-refractivity contribution in [1.29, 1.82) is 0 Å². The first kappa shape index (κ1) is 27.7. The Bertz CT molecular complexity index is 1450. The molecular formula is C33H40N2O2S. The van der Waals surface area contributed by atoms with Gasteiger partial charge in [-0.2, -0.15) is 0 Å². The smallest absolute Gasteiger partial charge is 0.264 e. The average Bonchev–Trinajstić information content (AvgIpc) is 3.32. The van der Waals surface area contributed by atoms with E-state index in [9.17, 15) is 8.42 Å². The fourth-order valence-electron chi connectivity index (χ4n) is 4.88. The topological polar surface area (TPSA) is 53.2 Å². The van der Waals surface area contributed by atoms with E-state index in [4.69, 9.17) is 0 Å². The summed E-state index contributed by atoms with van der Waals surface area (Å²) in [6, 6.07) is 25.6. The Balaban J connectivity index is 1.94. The number of nitrogens with zero attached hydrogens (tertiary/aromatic N) is 1. The number of H-pyrrole nitrogens is 1. The number of aryl methyl sites for hydroxylation is 1. The van der Waals surface area contributed by atoms with Crippen molar-refractivity contribution < 1.29 is 8.42 Å². The molecule has 0 fully saturated rings. The van der Waals surface area contributed by atoms with Gasteiger partial charge in [-0.15, -0.1) is 0 Å². The van der Waals surface area contributed by atoms with Crippen molar-refractivity contribution in [2.45, 2.75) is 70.6 Å². The fourth-order valence-corrected chi connectivity index (χ4v) is 6.41. The molecule has 0 amide bonds. The Morgan fingerprint density at radius 3 is 2.21 bits per heavy atom. The van der Waals surface area contributed by atoms with Gasteiger partial charge in [0, 0.05) is 23.0 Å². The predicted octanol–water partition coefficient (Wildman–Crippen LogP) is 8.95. The molecule has 0 aliphatic heterocycles. The molecule has 1 heterocycles. The molecule has 0 bridgehead atoms. The highest BCUT2D eigenvalue weighted by Crippen LogP contribution is 2.39. The van der Waals surface area contributed by atoms with E-state index in [1.165, 1.54) is 12.8 Å². The standard InChI is InChI=1S/C33H40N2O2S/c1-4-6-8-9-13-20-31(35(25-7-5-2)38(36,37)28-23-21-26(3)22-24-28)32-29-18-14-15-19-30(29)34-33(32)27-16-11-10-12-17-27/h10-12,14-24,34H,4-9,13,25H2,1-3H3/b31-20-. The number of aromatic amines is 1. The van der Waals surface area contributed by atoms with Crippen molar-refractivity contribution in [3.63, 3.8) is 0 Å². The molecule has 200 valence electrons. The van der Waals surface area contributed by atoms with Gasteiger partial charge in [0.05, 0.1) is 16.3 Å². The number of benzene rings is 3. The summed E-state index contributed by atoms with van der Waals surface area (Å²) in [4.78, 5) is 3.95. The zero-order valence-corrected chi connectivity index (χ0v) is 23.7. The van der Waals surface area contributed by atoms with E-state index in [1.807, 2.05) is 49.4 Å². The van der Waals surface area contributed by atoms with Crippen molar-refractivity contribution in [3.05, 3.63) is 96.1 Å². The maximum atomic E-state index is 14.3. The summed E-state index contributed by atoms with van der Waals surface area (Å²) in [7, 11) is -3.78. The maximum Gasteiger partial charge on any atom is 0.264 e. The van der Waals surface area contributed by atoms with Crippen LogP contribution in [0.25, 0.3) is 27.9 Å². The maximum absolute atomic E-state index is 14.3. The Morgan fingerprint density at radius 1 is 0.816 bits per heavy atom. The second-order valence-electron chi connectivity index (χ2n) is 9.97. The van der Waals surface area contributed by atoms with E-state index in [1.54, 1.807) is 16.4 Å². The summed E-state index contributed by atoms with van der Waals surface area (Å²) in [5.41, 5.74) is 5.76. The number of fused-ring (bicyclic) bond motifs is 1. The molecule has 4 nitrogen and oxygen atoms in total. The van der Waals surface area contributed by atoms with Gasteiger partial charge in [-0.1, -0.05) is 112 Å². The first-order chi connectivity index (χ1) is 18.5. The van der Waals surface area contributed by atoms with Gasteiger partial charge in [-0.25, -0.2) is 8.42 Å². The third-order valence-corrected chi connectivity index (χ3v) is 8.84. The minimum absolute atomic E-state index is 0.331. The van der Waals surface area contributed by atoms with Crippen LogP contribution in [-0.2, 0) is 10.0 Å². The lowest BCUT2D eigenvalue weighted by molar-refractivity contribution is 0.498. The summed E-state index contributed by atoms with van der Waals surface area (Å²) in [6.07, 6.45) is 9.21. The molecule has 38 heavy (non-hydrogen) atoms. The number of sulfonamides is 1. The third kappa shape index (κ3) is 6.21. The monoisotopic (exact) mass is 528 g/mol. The van der Waals surface area contributed by atoms with Crippen LogP contribution in [0.2, 0.25) is 0 Å². The lowest BCUT2D eigenvalue weighted by Gasteiger charge is -2.28. The van der Waals surface area contributed by atoms with E-state index in [0.717, 1.165) is 71.1 Å². The summed E-state index contributed by atoms with van der Waals surface area (Å²) in [5, 5.41) is 1.03.